The van der Waals surface area contributed by atoms with Gasteiger partial charge in [-0.3, -0.25) is 4.79 Å². The average molecular weight is 159 g/mol. The van der Waals surface area contributed by atoms with E-state index in [1.807, 2.05) is 13.8 Å². The Kier molecular flexibility index (Phi) is 2.31. The maximum absolute atomic E-state index is 10.9. The predicted octanol–water partition coefficient (Wildman–Crippen LogP) is 1.59. The zero-order valence-electron chi connectivity index (χ0n) is 7.49. The second kappa shape index (κ2) is 2.38. The fourth-order valence-corrected chi connectivity index (χ4v) is 1.11. The Labute approximate surface area is 63.8 Å². The predicted molar refractivity (Wildman–Crippen MR) is 46.6 cm³/mol. The molecule has 2 nitrogen and oxygen atoms in total. The first-order valence-electron chi connectivity index (χ1n) is 3.49. The zero-order valence-corrected chi connectivity index (χ0v) is 8.49. The summed E-state index contributed by atoms with van der Waals surface area (Å²) in [5.41, 5.74) is 5.25. The number of carbonyl (C=O) groups is 1. The van der Waals surface area contributed by atoms with Crippen LogP contribution in [0.2, 0.25) is 24.7 Å². The van der Waals surface area contributed by atoms with Gasteiger partial charge in [0.15, 0.2) is 0 Å². The Balaban J connectivity index is 4.57. The minimum absolute atomic E-state index is 0.174. The van der Waals surface area contributed by atoms with Gasteiger partial charge in [0.2, 0.25) is 5.91 Å². The molecule has 0 aromatic heterocycles. The Morgan fingerprint density at radius 2 is 1.60 bits per heavy atom. The molecule has 0 aliphatic rings. The summed E-state index contributed by atoms with van der Waals surface area (Å²) < 4.78 is 0. The molecule has 0 radical (unpaired) electrons. The summed E-state index contributed by atoms with van der Waals surface area (Å²) in [6.07, 6.45) is 0. The molecule has 0 bridgehead atoms. The molecule has 2 N–H and O–H groups in total. The van der Waals surface area contributed by atoms with Crippen molar-refractivity contribution in [1.29, 1.82) is 0 Å². The van der Waals surface area contributed by atoms with Crippen molar-refractivity contribution in [3.8, 4) is 0 Å². The van der Waals surface area contributed by atoms with Crippen LogP contribution in [-0.4, -0.2) is 14.0 Å². The second-order valence-corrected chi connectivity index (χ2v) is 9.99. The minimum atomic E-state index is -1.42. The number of rotatable bonds is 2. The molecule has 0 aromatic carbocycles. The van der Waals surface area contributed by atoms with Crippen LogP contribution in [0.15, 0.2) is 0 Å². The average Bonchev–Trinajstić information content (AvgIpc) is 1.62. The topological polar surface area (TPSA) is 43.1 Å². The van der Waals surface area contributed by atoms with E-state index >= 15 is 0 Å². The van der Waals surface area contributed by atoms with E-state index in [1.54, 1.807) is 0 Å². The van der Waals surface area contributed by atoms with Gasteiger partial charge >= 0.3 is 0 Å². The zero-order chi connectivity index (χ0) is 8.58. The van der Waals surface area contributed by atoms with E-state index in [2.05, 4.69) is 19.6 Å². The van der Waals surface area contributed by atoms with Gasteiger partial charge in [-0.2, -0.15) is 0 Å². The summed E-state index contributed by atoms with van der Waals surface area (Å²) >= 11 is 0. The number of hydrogen-bond donors (Lipinski definition) is 1. The SMILES string of the molecule is CC(C)(C(N)=O)[Si](C)(C)C. The first-order valence-corrected chi connectivity index (χ1v) is 6.99. The molecular weight excluding hydrogens is 142 g/mol. The van der Waals surface area contributed by atoms with Gasteiger partial charge in [-0.1, -0.05) is 33.5 Å². The fraction of sp³-hybridized carbons (Fsp3) is 0.857. The van der Waals surface area contributed by atoms with E-state index in [9.17, 15) is 4.79 Å². The minimum Gasteiger partial charge on any atom is -0.369 e. The van der Waals surface area contributed by atoms with Crippen molar-refractivity contribution in [3.63, 3.8) is 0 Å². The molecule has 0 aromatic rings. The first kappa shape index (κ1) is 9.69. The third-order valence-corrected chi connectivity index (χ3v) is 6.49. The summed E-state index contributed by atoms with van der Waals surface area (Å²) in [4.78, 5) is 10.9. The highest BCUT2D eigenvalue weighted by molar-refractivity contribution is 6.82. The van der Waals surface area contributed by atoms with Crippen LogP contribution in [0.3, 0.4) is 0 Å². The summed E-state index contributed by atoms with van der Waals surface area (Å²) in [6, 6.07) is 0. The van der Waals surface area contributed by atoms with Crippen molar-refractivity contribution in [3.05, 3.63) is 0 Å². The number of nitrogens with two attached hydrogens (primary N) is 1. The number of carbonyl (C=O) groups excluding carboxylic acids is 1. The van der Waals surface area contributed by atoms with E-state index in [0.29, 0.717) is 0 Å². The van der Waals surface area contributed by atoms with Gasteiger partial charge in [-0.25, -0.2) is 0 Å². The highest BCUT2D eigenvalue weighted by atomic mass is 28.3. The third-order valence-electron chi connectivity index (χ3n) is 2.49. The fourth-order valence-electron chi connectivity index (χ4n) is 0.370. The van der Waals surface area contributed by atoms with Crippen molar-refractivity contribution in [2.75, 3.05) is 0 Å². The van der Waals surface area contributed by atoms with Crippen LogP contribution < -0.4 is 5.73 Å². The summed E-state index contributed by atoms with van der Waals surface area (Å²) in [7, 11) is -1.42. The molecule has 0 saturated heterocycles. The highest BCUT2D eigenvalue weighted by Crippen LogP contribution is 2.35. The quantitative estimate of drug-likeness (QED) is 0.611. The van der Waals surface area contributed by atoms with Crippen LogP contribution in [0, 0.1) is 0 Å². The Morgan fingerprint density at radius 3 is 1.60 bits per heavy atom. The largest absolute Gasteiger partial charge is 0.369 e. The van der Waals surface area contributed by atoms with Gasteiger partial charge in [0.1, 0.15) is 0 Å². The van der Waals surface area contributed by atoms with Crippen molar-refractivity contribution in [2.24, 2.45) is 5.73 Å². The number of primary amides is 1. The van der Waals surface area contributed by atoms with Crippen molar-refractivity contribution >= 4 is 14.0 Å². The Bertz CT molecular complexity index is 146. The van der Waals surface area contributed by atoms with E-state index in [-0.39, 0.29) is 10.9 Å². The van der Waals surface area contributed by atoms with Crippen molar-refractivity contribution in [2.45, 2.75) is 38.5 Å². The highest BCUT2D eigenvalue weighted by Gasteiger charge is 2.39. The molecular formula is C7H17NOSi. The van der Waals surface area contributed by atoms with E-state index in [4.69, 9.17) is 5.73 Å². The van der Waals surface area contributed by atoms with Crippen LogP contribution in [-0.2, 0) is 4.79 Å². The van der Waals surface area contributed by atoms with Gasteiger partial charge in [0.25, 0.3) is 0 Å². The lowest BCUT2D eigenvalue weighted by Crippen LogP contribution is -2.44. The molecule has 0 atom stereocenters. The van der Waals surface area contributed by atoms with Gasteiger partial charge < -0.3 is 5.73 Å². The number of hydrogen-bond acceptors (Lipinski definition) is 1. The molecule has 0 spiro atoms. The molecule has 0 aliphatic heterocycles. The van der Waals surface area contributed by atoms with Crippen LogP contribution in [0.25, 0.3) is 0 Å². The maximum Gasteiger partial charge on any atom is 0.220 e. The monoisotopic (exact) mass is 159 g/mol. The molecule has 0 heterocycles. The lowest BCUT2D eigenvalue weighted by molar-refractivity contribution is -0.120. The molecule has 0 aliphatic carbocycles. The molecule has 1 amide bonds. The lowest BCUT2D eigenvalue weighted by atomic mass is 10.2. The molecule has 0 unspecified atom stereocenters. The van der Waals surface area contributed by atoms with Gasteiger partial charge in [0.05, 0.1) is 8.07 Å². The van der Waals surface area contributed by atoms with Crippen LogP contribution in [0.5, 0.6) is 0 Å². The van der Waals surface area contributed by atoms with E-state index in [1.165, 1.54) is 0 Å². The van der Waals surface area contributed by atoms with Crippen molar-refractivity contribution < 1.29 is 4.79 Å². The van der Waals surface area contributed by atoms with Gasteiger partial charge in [-0.05, 0) is 0 Å². The summed E-state index contributed by atoms with van der Waals surface area (Å²) in [5.74, 6) is -0.174. The molecule has 0 rings (SSSR count). The van der Waals surface area contributed by atoms with Gasteiger partial charge in [-0.15, -0.1) is 0 Å². The van der Waals surface area contributed by atoms with Crippen LogP contribution in [0.4, 0.5) is 0 Å². The summed E-state index contributed by atoms with van der Waals surface area (Å²) in [6.45, 7) is 10.3. The molecule has 0 fully saturated rings. The van der Waals surface area contributed by atoms with E-state index in [0.717, 1.165) is 0 Å². The maximum atomic E-state index is 10.9. The van der Waals surface area contributed by atoms with Gasteiger partial charge in [0, 0.05) is 5.04 Å². The first-order chi connectivity index (χ1) is 4.19. The van der Waals surface area contributed by atoms with Crippen LogP contribution >= 0.6 is 0 Å². The molecule has 10 heavy (non-hydrogen) atoms. The normalized spacial score (nSPS) is 13.3. The molecule has 60 valence electrons. The third kappa shape index (κ3) is 1.59. The standard InChI is InChI=1S/C7H17NOSi/c1-7(2,6(8)9)10(3,4)5/h1-5H3,(H2,8,9). The van der Waals surface area contributed by atoms with Crippen LogP contribution in [0.1, 0.15) is 13.8 Å². The Morgan fingerprint density at radius 1 is 1.30 bits per heavy atom. The van der Waals surface area contributed by atoms with E-state index < -0.39 is 8.07 Å². The van der Waals surface area contributed by atoms with Crippen molar-refractivity contribution in [1.82, 2.24) is 0 Å². The number of amides is 1. The summed E-state index contributed by atoms with van der Waals surface area (Å²) in [5, 5.41) is -0.285. The molecule has 3 heteroatoms. The lowest BCUT2D eigenvalue weighted by Gasteiger charge is -2.33. The molecule has 0 saturated carbocycles. The Hall–Kier alpha value is -0.313. The smallest absolute Gasteiger partial charge is 0.220 e. The second-order valence-electron chi connectivity index (χ2n) is 4.24.